The van der Waals surface area contributed by atoms with Gasteiger partial charge in [-0.15, -0.1) is 0 Å². The van der Waals surface area contributed by atoms with E-state index in [9.17, 15) is 14.4 Å². The third kappa shape index (κ3) is 5.33. The van der Waals surface area contributed by atoms with Crippen molar-refractivity contribution < 1.29 is 23.9 Å². The highest BCUT2D eigenvalue weighted by Gasteiger charge is 2.26. The third-order valence-electron chi connectivity index (χ3n) is 5.03. The topological polar surface area (TPSA) is 88.2 Å². The second kappa shape index (κ2) is 9.97. The van der Waals surface area contributed by atoms with Crippen LogP contribution < -0.4 is 14.8 Å². The number of carbonyl (C=O) groups is 3. The van der Waals surface area contributed by atoms with Gasteiger partial charge in [0.05, 0.1) is 6.54 Å². The van der Waals surface area contributed by atoms with Gasteiger partial charge in [-0.1, -0.05) is 12.1 Å². The quantitative estimate of drug-likeness (QED) is 0.718. The van der Waals surface area contributed by atoms with E-state index in [1.165, 1.54) is 11.9 Å². The molecule has 1 N–H and O–H groups in total. The van der Waals surface area contributed by atoms with Crippen molar-refractivity contribution in [1.82, 2.24) is 9.80 Å². The van der Waals surface area contributed by atoms with Crippen molar-refractivity contribution in [3.05, 3.63) is 54.1 Å². The summed E-state index contributed by atoms with van der Waals surface area (Å²) in [6.45, 7) is 5.57. The minimum Gasteiger partial charge on any atom is -0.486 e. The number of ether oxygens (including phenoxy) is 2. The second-order valence-corrected chi connectivity index (χ2v) is 7.19. The molecule has 0 fully saturated rings. The maximum absolute atomic E-state index is 12.5. The van der Waals surface area contributed by atoms with Gasteiger partial charge in [0, 0.05) is 31.4 Å². The number of nitrogens with one attached hydrogen (secondary N) is 1. The van der Waals surface area contributed by atoms with E-state index in [4.69, 9.17) is 9.47 Å². The maximum Gasteiger partial charge on any atom is 0.313 e. The molecule has 0 saturated heterocycles. The predicted molar refractivity (Wildman–Crippen MR) is 116 cm³/mol. The highest BCUT2D eigenvalue weighted by Crippen LogP contribution is 2.30. The summed E-state index contributed by atoms with van der Waals surface area (Å²) in [5.41, 5.74) is 0.967. The number of nitrogens with zero attached hydrogens (tertiary/aromatic N) is 2. The lowest BCUT2D eigenvalue weighted by atomic mass is 10.1. The standard InChI is InChI=1S/C23H27N3O5/c1-4-26(5-2)22(28)16-10-12-17(13-11-16)24-21(27)23(29)25(3)14-18-15-30-19-8-6-7-9-20(19)31-18/h6-13,18H,4-5,14-15H2,1-3H3,(H,24,27). The van der Waals surface area contributed by atoms with Crippen molar-refractivity contribution >= 4 is 23.4 Å². The first kappa shape index (κ1) is 22.1. The van der Waals surface area contributed by atoms with Gasteiger partial charge in [-0.3, -0.25) is 14.4 Å². The number of hydrogen-bond acceptors (Lipinski definition) is 5. The van der Waals surface area contributed by atoms with Gasteiger partial charge < -0.3 is 24.6 Å². The lowest BCUT2D eigenvalue weighted by Gasteiger charge is -2.29. The zero-order valence-corrected chi connectivity index (χ0v) is 18.0. The van der Waals surface area contributed by atoms with Gasteiger partial charge >= 0.3 is 11.8 Å². The molecule has 1 aliphatic rings. The van der Waals surface area contributed by atoms with E-state index in [0.29, 0.717) is 35.8 Å². The molecular formula is C23H27N3O5. The first-order chi connectivity index (χ1) is 14.9. The summed E-state index contributed by atoms with van der Waals surface area (Å²) in [7, 11) is 1.54. The lowest BCUT2D eigenvalue weighted by molar-refractivity contribution is -0.143. The van der Waals surface area contributed by atoms with Crippen molar-refractivity contribution in [2.24, 2.45) is 0 Å². The van der Waals surface area contributed by atoms with Crippen LogP contribution in [0, 0.1) is 0 Å². The second-order valence-electron chi connectivity index (χ2n) is 7.19. The Balaban J connectivity index is 1.54. The van der Waals surface area contributed by atoms with Gasteiger partial charge in [-0.25, -0.2) is 0 Å². The van der Waals surface area contributed by atoms with Gasteiger partial charge in [0.15, 0.2) is 17.6 Å². The zero-order valence-electron chi connectivity index (χ0n) is 18.0. The Morgan fingerprint density at radius 3 is 2.29 bits per heavy atom. The lowest BCUT2D eigenvalue weighted by Crippen LogP contribution is -2.45. The van der Waals surface area contributed by atoms with Gasteiger partial charge in [0.2, 0.25) is 0 Å². The number of carbonyl (C=O) groups excluding carboxylic acids is 3. The van der Waals surface area contributed by atoms with Gasteiger partial charge in [0.25, 0.3) is 5.91 Å². The average Bonchev–Trinajstić information content (AvgIpc) is 2.79. The van der Waals surface area contributed by atoms with Crippen LogP contribution in [0.4, 0.5) is 5.69 Å². The van der Waals surface area contributed by atoms with E-state index >= 15 is 0 Å². The van der Waals surface area contributed by atoms with Crippen LogP contribution in [0.3, 0.4) is 0 Å². The Labute approximate surface area is 181 Å². The number of amides is 3. The molecule has 3 amide bonds. The molecule has 1 aliphatic heterocycles. The average molecular weight is 425 g/mol. The molecule has 2 aromatic rings. The van der Waals surface area contributed by atoms with Gasteiger partial charge in [-0.2, -0.15) is 0 Å². The molecule has 1 atom stereocenters. The number of para-hydroxylation sites is 2. The number of hydrogen-bond donors (Lipinski definition) is 1. The summed E-state index contributed by atoms with van der Waals surface area (Å²) in [6.07, 6.45) is -0.373. The largest absolute Gasteiger partial charge is 0.486 e. The van der Waals surface area contributed by atoms with E-state index in [1.807, 2.05) is 32.0 Å². The minimum atomic E-state index is -0.762. The number of fused-ring (bicyclic) bond motifs is 1. The summed E-state index contributed by atoms with van der Waals surface area (Å²) in [5.74, 6) is -0.250. The van der Waals surface area contributed by atoms with Crippen molar-refractivity contribution in [2.75, 3.05) is 38.6 Å². The van der Waals surface area contributed by atoms with Gasteiger partial charge in [-0.05, 0) is 50.2 Å². The van der Waals surface area contributed by atoms with E-state index in [2.05, 4.69) is 5.32 Å². The Morgan fingerprint density at radius 2 is 1.65 bits per heavy atom. The normalized spacial score (nSPS) is 14.5. The fraction of sp³-hybridized carbons (Fsp3) is 0.348. The van der Waals surface area contributed by atoms with Crippen molar-refractivity contribution in [1.29, 1.82) is 0 Å². The molecule has 8 nitrogen and oxygen atoms in total. The molecule has 0 bridgehead atoms. The molecule has 1 heterocycles. The molecule has 1 unspecified atom stereocenters. The Hall–Kier alpha value is -3.55. The number of anilines is 1. The molecule has 2 aromatic carbocycles. The molecule has 31 heavy (non-hydrogen) atoms. The Morgan fingerprint density at radius 1 is 1.00 bits per heavy atom. The van der Waals surface area contributed by atoms with E-state index < -0.39 is 11.8 Å². The molecule has 0 aliphatic carbocycles. The van der Waals surface area contributed by atoms with Gasteiger partial charge in [0.1, 0.15) is 6.61 Å². The van der Waals surface area contributed by atoms with Crippen LogP contribution in [0.5, 0.6) is 11.5 Å². The summed E-state index contributed by atoms with van der Waals surface area (Å²) < 4.78 is 11.5. The van der Waals surface area contributed by atoms with E-state index in [-0.39, 0.29) is 25.2 Å². The predicted octanol–water partition coefficient (Wildman–Crippen LogP) is 2.41. The minimum absolute atomic E-state index is 0.0741. The van der Waals surface area contributed by atoms with Crippen LogP contribution in [0.15, 0.2) is 48.5 Å². The first-order valence-corrected chi connectivity index (χ1v) is 10.3. The summed E-state index contributed by atoms with van der Waals surface area (Å²) in [5, 5.41) is 2.57. The van der Waals surface area contributed by atoms with E-state index in [0.717, 1.165) is 0 Å². The molecular weight excluding hydrogens is 398 g/mol. The number of benzene rings is 2. The fourth-order valence-electron chi connectivity index (χ4n) is 3.29. The van der Waals surface area contributed by atoms with Crippen LogP contribution in [-0.2, 0) is 9.59 Å². The smallest absolute Gasteiger partial charge is 0.313 e. The number of likely N-dealkylation sites (N-methyl/N-ethyl adjacent to an activating group) is 1. The van der Waals surface area contributed by atoms with Crippen molar-refractivity contribution in [2.45, 2.75) is 20.0 Å². The summed E-state index contributed by atoms with van der Waals surface area (Å²) >= 11 is 0. The monoisotopic (exact) mass is 425 g/mol. The van der Waals surface area contributed by atoms with Crippen molar-refractivity contribution in [3.63, 3.8) is 0 Å². The van der Waals surface area contributed by atoms with Crippen LogP contribution >= 0.6 is 0 Å². The van der Waals surface area contributed by atoms with Crippen LogP contribution in [0.25, 0.3) is 0 Å². The van der Waals surface area contributed by atoms with Crippen molar-refractivity contribution in [3.8, 4) is 11.5 Å². The van der Waals surface area contributed by atoms with Crippen LogP contribution in [-0.4, -0.2) is 66.9 Å². The Bertz CT molecular complexity index is 940. The molecule has 8 heteroatoms. The first-order valence-electron chi connectivity index (χ1n) is 10.3. The molecule has 0 spiro atoms. The SMILES string of the molecule is CCN(CC)C(=O)c1ccc(NC(=O)C(=O)N(C)CC2COc3ccccc3O2)cc1. The maximum atomic E-state index is 12.5. The molecule has 0 aromatic heterocycles. The summed E-state index contributed by atoms with van der Waals surface area (Å²) in [4.78, 5) is 40.2. The summed E-state index contributed by atoms with van der Waals surface area (Å²) in [6, 6.07) is 13.8. The Kier molecular flexibility index (Phi) is 7.12. The molecule has 0 saturated carbocycles. The van der Waals surface area contributed by atoms with Crippen LogP contribution in [0.1, 0.15) is 24.2 Å². The fourth-order valence-corrected chi connectivity index (χ4v) is 3.29. The van der Waals surface area contributed by atoms with Crippen LogP contribution in [0.2, 0.25) is 0 Å². The highest BCUT2D eigenvalue weighted by atomic mass is 16.6. The number of rotatable bonds is 6. The molecule has 0 radical (unpaired) electrons. The van der Waals surface area contributed by atoms with E-state index in [1.54, 1.807) is 35.2 Å². The molecule has 3 rings (SSSR count). The zero-order chi connectivity index (χ0) is 22.4. The highest BCUT2D eigenvalue weighted by molar-refractivity contribution is 6.39. The molecule has 164 valence electrons. The third-order valence-corrected chi connectivity index (χ3v) is 5.03.